The van der Waals surface area contributed by atoms with Gasteiger partial charge in [0.15, 0.2) is 0 Å². The van der Waals surface area contributed by atoms with Crippen LogP contribution < -0.4 is 5.32 Å². The van der Waals surface area contributed by atoms with E-state index in [2.05, 4.69) is 27.3 Å². The van der Waals surface area contributed by atoms with Gasteiger partial charge in [0, 0.05) is 58.5 Å². The number of urea groups is 1. The maximum atomic E-state index is 12.4. The predicted octanol–water partition coefficient (Wildman–Crippen LogP) is 0.753. The number of hydrogen-bond donors (Lipinski definition) is 1. The van der Waals surface area contributed by atoms with Crippen LogP contribution in [0, 0.1) is 0 Å². The van der Waals surface area contributed by atoms with Crippen molar-refractivity contribution in [3.05, 3.63) is 12.2 Å². The van der Waals surface area contributed by atoms with Gasteiger partial charge in [0.2, 0.25) is 0 Å². The summed E-state index contributed by atoms with van der Waals surface area (Å²) in [6, 6.07) is 1.11. The van der Waals surface area contributed by atoms with Crippen molar-refractivity contribution in [3.63, 3.8) is 0 Å². The lowest BCUT2D eigenvalue weighted by atomic mass is 10.2. The molecule has 3 aliphatic rings. The van der Waals surface area contributed by atoms with E-state index in [1.165, 1.54) is 12.8 Å². The number of carbonyl (C=O) groups is 1. The van der Waals surface area contributed by atoms with Crippen molar-refractivity contribution in [1.29, 1.82) is 0 Å². The van der Waals surface area contributed by atoms with E-state index in [9.17, 15) is 4.79 Å². The monoisotopic (exact) mass is 322 g/mol. The van der Waals surface area contributed by atoms with Crippen molar-refractivity contribution >= 4 is 6.03 Å². The fraction of sp³-hybridized carbons (Fsp3) is 0.824. The standard InChI is InChI=1S/C17H30N4O2/c1-23-12-11-20-9-4-5-15(20)13-18-17(22)21-10-6-16(14-21)19-7-2-3-8-19/h2-3,15-16H,4-14H2,1H3,(H,18,22)/t15-,16+/m0/s1. The Morgan fingerprint density at radius 2 is 2.09 bits per heavy atom. The van der Waals surface area contributed by atoms with Crippen molar-refractivity contribution in [2.75, 3.05) is 59.5 Å². The topological polar surface area (TPSA) is 48.1 Å². The molecule has 0 unspecified atom stereocenters. The molecule has 0 radical (unpaired) electrons. The summed E-state index contributed by atoms with van der Waals surface area (Å²) in [5, 5.41) is 3.15. The minimum absolute atomic E-state index is 0.109. The van der Waals surface area contributed by atoms with Gasteiger partial charge in [-0.15, -0.1) is 0 Å². The van der Waals surface area contributed by atoms with Gasteiger partial charge in [-0.05, 0) is 25.8 Å². The van der Waals surface area contributed by atoms with Gasteiger partial charge in [-0.25, -0.2) is 4.79 Å². The largest absolute Gasteiger partial charge is 0.383 e. The first-order valence-corrected chi connectivity index (χ1v) is 8.92. The highest BCUT2D eigenvalue weighted by Gasteiger charge is 2.31. The second-order valence-corrected chi connectivity index (χ2v) is 6.82. The predicted molar refractivity (Wildman–Crippen MR) is 90.6 cm³/mol. The average Bonchev–Trinajstić information content (AvgIpc) is 3.31. The molecule has 0 aromatic heterocycles. The molecule has 2 fully saturated rings. The van der Waals surface area contributed by atoms with Gasteiger partial charge in [0.05, 0.1) is 6.61 Å². The molecular formula is C17H30N4O2. The van der Waals surface area contributed by atoms with Crippen molar-refractivity contribution in [2.24, 2.45) is 0 Å². The molecule has 0 aliphatic carbocycles. The van der Waals surface area contributed by atoms with Gasteiger partial charge in [-0.2, -0.15) is 0 Å². The molecule has 130 valence electrons. The van der Waals surface area contributed by atoms with E-state index in [4.69, 9.17) is 4.74 Å². The first-order chi connectivity index (χ1) is 11.3. The molecule has 0 saturated carbocycles. The highest BCUT2D eigenvalue weighted by Crippen LogP contribution is 2.19. The Hall–Kier alpha value is -1.11. The lowest BCUT2D eigenvalue weighted by Crippen LogP contribution is -2.46. The van der Waals surface area contributed by atoms with Gasteiger partial charge in [0.25, 0.3) is 0 Å². The van der Waals surface area contributed by atoms with Crippen LogP contribution in [0.3, 0.4) is 0 Å². The fourth-order valence-electron chi connectivity index (χ4n) is 3.96. The lowest BCUT2D eigenvalue weighted by Gasteiger charge is -2.26. The Morgan fingerprint density at radius 1 is 1.26 bits per heavy atom. The number of nitrogens with zero attached hydrogens (tertiary/aromatic N) is 3. The first-order valence-electron chi connectivity index (χ1n) is 8.92. The zero-order chi connectivity index (χ0) is 16.1. The van der Waals surface area contributed by atoms with Crippen LogP contribution in [-0.2, 0) is 4.74 Å². The Labute approximate surface area is 139 Å². The highest BCUT2D eigenvalue weighted by atomic mass is 16.5. The Bertz CT molecular complexity index is 421. The SMILES string of the molecule is COCCN1CCC[C@H]1CNC(=O)N1CC[C@@H](N2CC=CC2)C1. The molecule has 23 heavy (non-hydrogen) atoms. The maximum absolute atomic E-state index is 12.4. The second-order valence-electron chi connectivity index (χ2n) is 6.82. The maximum Gasteiger partial charge on any atom is 0.317 e. The molecule has 2 saturated heterocycles. The molecule has 1 N–H and O–H groups in total. The summed E-state index contributed by atoms with van der Waals surface area (Å²) >= 11 is 0. The van der Waals surface area contributed by atoms with Crippen LogP contribution >= 0.6 is 0 Å². The van der Waals surface area contributed by atoms with Crippen molar-refractivity contribution in [3.8, 4) is 0 Å². The quantitative estimate of drug-likeness (QED) is 0.733. The molecule has 3 aliphatic heterocycles. The van der Waals surface area contributed by atoms with Crippen LogP contribution in [0.4, 0.5) is 4.79 Å². The van der Waals surface area contributed by atoms with Crippen molar-refractivity contribution in [2.45, 2.75) is 31.3 Å². The van der Waals surface area contributed by atoms with Crippen LogP contribution in [0.1, 0.15) is 19.3 Å². The molecule has 0 spiro atoms. The number of nitrogens with one attached hydrogen (secondary N) is 1. The first kappa shape index (κ1) is 16.7. The van der Waals surface area contributed by atoms with E-state index in [0.717, 1.165) is 58.8 Å². The zero-order valence-electron chi connectivity index (χ0n) is 14.2. The Kier molecular flexibility index (Phi) is 5.91. The van der Waals surface area contributed by atoms with Crippen LogP contribution in [0.15, 0.2) is 12.2 Å². The normalized spacial score (nSPS) is 28.8. The summed E-state index contributed by atoms with van der Waals surface area (Å²) < 4.78 is 5.17. The number of methoxy groups -OCH3 is 1. The van der Waals surface area contributed by atoms with Crippen LogP contribution in [0.2, 0.25) is 0 Å². The van der Waals surface area contributed by atoms with Crippen molar-refractivity contribution in [1.82, 2.24) is 20.0 Å². The molecular weight excluding hydrogens is 292 g/mol. The summed E-state index contributed by atoms with van der Waals surface area (Å²) in [4.78, 5) is 19.3. The fourth-order valence-corrected chi connectivity index (χ4v) is 3.96. The molecule has 0 bridgehead atoms. The molecule has 0 aromatic rings. The number of rotatable bonds is 6. The second kappa shape index (κ2) is 8.13. The van der Waals surface area contributed by atoms with Gasteiger partial charge in [0.1, 0.15) is 0 Å². The molecule has 2 amide bonds. The molecule has 3 rings (SSSR count). The van der Waals surface area contributed by atoms with E-state index in [1.807, 2.05) is 4.90 Å². The molecule has 0 aromatic carbocycles. The van der Waals surface area contributed by atoms with Gasteiger partial charge in [-0.1, -0.05) is 12.2 Å². The summed E-state index contributed by atoms with van der Waals surface area (Å²) in [5.41, 5.74) is 0. The van der Waals surface area contributed by atoms with E-state index < -0.39 is 0 Å². The molecule has 3 heterocycles. The van der Waals surface area contributed by atoms with E-state index in [1.54, 1.807) is 7.11 Å². The highest BCUT2D eigenvalue weighted by molar-refractivity contribution is 5.74. The van der Waals surface area contributed by atoms with Crippen LogP contribution in [-0.4, -0.2) is 92.3 Å². The average molecular weight is 322 g/mol. The summed E-state index contributed by atoms with van der Waals surface area (Å²) in [6.07, 6.45) is 7.93. The number of hydrogen-bond acceptors (Lipinski definition) is 4. The number of carbonyl (C=O) groups excluding carboxylic acids is 1. The minimum Gasteiger partial charge on any atom is -0.383 e. The minimum atomic E-state index is 0.109. The third kappa shape index (κ3) is 4.25. The van der Waals surface area contributed by atoms with E-state index in [0.29, 0.717) is 12.1 Å². The summed E-state index contributed by atoms with van der Waals surface area (Å²) in [7, 11) is 1.74. The molecule has 6 heteroatoms. The van der Waals surface area contributed by atoms with E-state index >= 15 is 0 Å². The lowest BCUT2D eigenvalue weighted by molar-refractivity contribution is 0.139. The van der Waals surface area contributed by atoms with Crippen molar-refractivity contribution < 1.29 is 9.53 Å². The zero-order valence-corrected chi connectivity index (χ0v) is 14.2. The number of amides is 2. The number of ether oxygens (including phenoxy) is 1. The molecule has 2 atom stereocenters. The van der Waals surface area contributed by atoms with Gasteiger partial charge < -0.3 is 15.0 Å². The number of likely N-dealkylation sites (tertiary alicyclic amines) is 2. The van der Waals surface area contributed by atoms with E-state index in [-0.39, 0.29) is 6.03 Å². The Balaban J connectivity index is 1.39. The van der Waals surface area contributed by atoms with Gasteiger partial charge in [-0.3, -0.25) is 9.80 Å². The Morgan fingerprint density at radius 3 is 2.87 bits per heavy atom. The van der Waals surface area contributed by atoms with Crippen LogP contribution in [0.5, 0.6) is 0 Å². The molecule has 6 nitrogen and oxygen atoms in total. The third-order valence-corrected chi connectivity index (χ3v) is 5.38. The van der Waals surface area contributed by atoms with Crippen LogP contribution in [0.25, 0.3) is 0 Å². The van der Waals surface area contributed by atoms with Gasteiger partial charge >= 0.3 is 6.03 Å². The summed E-state index contributed by atoms with van der Waals surface area (Å²) in [6.45, 7) is 7.43. The summed E-state index contributed by atoms with van der Waals surface area (Å²) in [5.74, 6) is 0. The smallest absolute Gasteiger partial charge is 0.317 e. The third-order valence-electron chi connectivity index (χ3n) is 5.38.